The largest absolute Gasteiger partial charge is 0.444 e. The topological polar surface area (TPSA) is 29.5 Å². The van der Waals surface area contributed by atoms with Crippen LogP contribution in [0.5, 0.6) is 0 Å². The Hall–Kier alpha value is -0.680. The van der Waals surface area contributed by atoms with Crippen molar-refractivity contribution >= 4 is 33.8 Å². The molecule has 3 nitrogen and oxygen atoms in total. The van der Waals surface area contributed by atoms with Crippen molar-refractivity contribution in [3.8, 4) is 0 Å². The van der Waals surface area contributed by atoms with Crippen LogP contribution in [0.4, 0.5) is 4.79 Å². The summed E-state index contributed by atoms with van der Waals surface area (Å²) in [6.07, 6.45) is 0.876. The molecule has 2 rings (SSSR count). The SMILES string of the molecule is CC(C)(C)OC(=O)N1CCC(CSc2ccc(Br)cc2)C1. The number of halogens is 1. The number of ether oxygens (including phenoxy) is 1. The minimum atomic E-state index is -0.415. The Kier molecular flexibility index (Phi) is 5.60. The minimum Gasteiger partial charge on any atom is -0.444 e. The standard InChI is InChI=1S/C16H22BrNO2S/c1-16(2,3)20-15(19)18-9-8-12(10-18)11-21-14-6-4-13(17)5-7-14/h4-7,12H,8-11H2,1-3H3. The molecule has 1 fully saturated rings. The second-order valence-electron chi connectivity index (χ2n) is 6.35. The number of amides is 1. The van der Waals surface area contributed by atoms with E-state index < -0.39 is 5.60 Å². The molecule has 1 atom stereocenters. The average Bonchev–Trinajstić information content (AvgIpc) is 2.85. The van der Waals surface area contributed by atoms with Crippen LogP contribution in [0.15, 0.2) is 33.6 Å². The number of thioether (sulfide) groups is 1. The van der Waals surface area contributed by atoms with Crippen molar-refractivity contribution in [1.82, 2.24) is 4.90 Å². The zero-order valence-corrected chi connectivity index (χ0v) is 15.2. The van der Waals surface area contributed by atoms with Gasteiger partial charge in [-0.15, -0.1) is 11.8 Å². The highest BCUT2D eigenvalue weighted by atomic mass is 79.9. The van der Waals surface area contributed by atoms with Gasteiger partial charge in [-0.1, -0.05) is 15.9 Å². The molecular weight excluding hydrogens is 350 g/mol. The Morgan fingerprint density at radius 2 is 2.05 bits per heavy atom. The summed E-state index contributed by atoms with van der Waals surface area (Å²) in [5.41, 5.74) is -0.415. The van der Waals surface area contributed by atoms with Crippen LogP contribution < -0.4 is 0 Å². The molecule has 1 aromatic carbocycles. The van der Waals surface area contributed by atoms with Crippen molar-refractivity contribution in [2.24, 2.45) is 5.92 Å². The van der Waals surface area contributed by atoms with Crippen LogP contribution in [-0.2, 0) is 4.74 Å². The van der Waals surface area contributed by atoms with E-state index in [4.69, 9.17) is 4.74 Å². The highest BCUT2D eigenvalue weighted by molar-refractivity contribution is 9.10. The molecule has 1 unspecified atom stereocenters. The molecule has 1 aliphatic rings. The molecule has 0 N–H and O–H groups in total. The number of nitrogens with zero attached hydrogens (tertiary/aromatic N) is 1. The van der Waals surface area contributed by atoms with Crippen molar-refractivity contribution in [3.63, 3.8) is 0 Å². The lowest BCUT2D eigenvalue weighted by molar-refractivity contribution is 0.0289. The highest BCUT2D eigenvalue weighted by Crippen LogP contribution is 2.27. The van der Waals surface area contributed by atoms with Crippen molar-refractivity contribution in [2.75, 3.05) is 18.8 Å². The molecule has 0 spiro atoms. The zero-order chi connectivity index (χ0) is 15.5. The first-order valence-electron chi connectivity index (χ1n) is 7.20. The first-order chi connectivity index (χ1) is 9.83. The van der Waals surface area contributed by atoms with Crippen LogP contribution in [0.3, 0.4) is 0 Å². The number of rotatable bonds is 3. The maximum absolute atomic E-state index is 12.0. The first kappa shape index (κ1) is 16.7. The lowest BCUT2D eigenvalue weighted by atomic mass is 10.2. The van der Waals surface area contributed by atoms with E-state index in [1.807, 2.05) is 37.4 Å². The van der Waals surface area contributed by atoms with Crippen molar-refractivity contribution in [1.29, 1.82) is 0 Å². The number of carbonyl (C=O) groups excluding carboxylic acids is 1. The summed E-state index contributed by atoms with van der Waals surface area (Å²) in [4.78, 5) is 15.1. The third-order valence-electron chi connectivity index (χ3n) is 3.24. The van der Waals surface area contributed by atoms with E-state index in [9.17, 15) is 4.79 Å². The van der Waals surface area contributed by atoms with Crippen LogP contribution >= 0.6 is 27.7 Å². The van der Waals surface area contributed by atoms with Crippen LogP contribution in [-0.4, -0.2) is 35.4 Å². The van der Waals surface area contributed by atoms with E-state index in [0.717, 1.165) is 29.7 Å². The molecule has 0 radical (unpaired) electrons. The van der Waals surface area contributed by atoms with E-state index in [2.05, 4.69) is 40.2 Å². The monoisotopic (exact) mass is 371 g/mol. The number of hydrogen-bond acceptors (Lipinski definition) is 3. The lowest BCUT2D eigenvalue weighted by Crippen LogP contribution is -2.35. The Morgan fingerprint density at radius 1 is 1.38 bits per heavy atom. The maximum Gasteiger partial charge on any atom is 0.410 e. The summed E-state index contributed by atoms with van der Waals surface area (Å²) in [7, 11) is 0. The minimum absolute atomic E-state index is 0.182. The second-order valence-corrected chi connectivity index (χ2v) is 8.36. The molecule has 0 aliphatic carbocycles. The van der Waals surface area contributed by atoms with Gasteiger partial charge in [-0.2, -0.15) is 0 Å². The molecular formula is C16H22BrNO2S. The second kappa shape index (κ2) is 7.05. The molecule has 1 heterocycles. The molecule has 1 aliphatic heterocycles. The zero-order valence-electron chi connectivity index (χ0n) is 12.8. The normalized spacial score (nSPS) is 18.9. The van der Waals surface area contributed by atoms with Gasteiger partial charge in [0.05, 0.1) is 0 Å². The fourth-order valence-electron chi connectivity index (χ4n) is 2.21. The molecule has 0 aromatic heterocycles. The van der Waals surface area contributed by atoms with Gasteiger partial charge in [0.2, 0.25) is 0 Å². The van der Waals surface area contributed by atoms with Crippen molar-refractivity contribution in [2.45, 2.75) is 37.7 Å². The van der Waals surface area contributed by atoms with Gasteiger partial charge in [-0.05, 0) is 57.4 Å². The van der Waals surface area contributed by atoms with E-state index in [0.29, 0.717) is 5.92 Å². The van der Waals surface area contributed by atoms with E-state index in [-0.39, 0.29) is 6.09 Å². The van der Waals surface area contributed by atoms with Crippen LogP contribution in [0.1, 0.15) is 27.2 Å². The summed E-state index contributed by atoms with van der Waals surface area (Å²) in [6.45, 7) is 7.32. The molecule has 0 bridgehead atoms. The Morgan fingerprint density at radius 3 is 2.67 bits per heavy atom. The van der Waals surface area contributed by atoms with Crippen molar-refractivity contribution in [3.05, 3.63) is 28.7 Å². The Labute approximate surface area is 139 Å². The molecule has 1 amide bonds. The molecule has 1 aromatic rings. The summed E-state index contributed by atoms with van der Waals surface area (Å²) < 4.78 is 6.52. The quantitative estimate of drug-likeness (QED) is 0.714. The Balaban J connectivity index is 1.77. The van der Waals surface area contributed by atoms with Crippen LogP contribution in [0, 0.1) is 5.92 Å². The number of likely N-dealkylation sites (tertiary alicyclic amines) is 1. The summed E-state index contributed by atoms with van der Waals surface area (Å²) >= 11 is 5.30. The molecule has 1 saturated heterocycles. The van der Waals surface area contributed by atoms with Gasteiger partial charge in [0, 0.05) is 28.2 Å². The Bertz CT molecular complexity index is 484. The summed E-state index contributed by atoms with van der Waals surface area (Å²) in [5.74, 6) is 1.59. The molecule has 5 heteroatoms. The molecule has 116 valence electrons. The van der Waals surface area contributed by atoms with Crippen molar-refractivity contribution < 1.29 is 9.53 Å². The van der Waals surface area contributed by atoms with Gasteiger partial charge in [0.25, 0.3) is 0 Å². The average molecular weight is 372 g/mol. The van der Waals surface area contributed by atoms with Gasteiger partial charge in [0.15, 0.2) is 0 Å². The van der Waals surface area contributed by atoms with E-state index in [1.54, 1.807) is 0 Å². The van der Waals surface area contributed by atoms with Gasteiger partial charge in [-0.3, -0.25) is 0 Å². The fourth-order valence-corrected chi connectivity index (χ4v) is 3.50. The van der Waals surface area contributed by atoms with Gasteiger partial charge in [-0.25, -0.2) is 4.79 Å². The maximum atomic E-state index is 12.0. The molecule has 0 saturated carbocycles. The number of hydrogen-bond donors (Lipinski definition) is 0. The third kappa shape index (κ3) is 5.55. The summed E-state index contributed by atoms with van der Waals surface area (Å²) in [6, 6.07) is 8.36. The fraction of sp³-hybridized carbons (Fsp3) is 0.562. The van der Waals surface area contributed by atoms with Crippen LogP contribution in [0.2, 0.25) is 0 Å². The lowest BCUT2D eigenvalue weighted by Gasteiger charge is -2.24. The highest BCUT2D eigenvalue weighted by Gasteiger charge is 2.29. The van der Waals surface area contributed by atoms with E-state index >= 15 is 0 Å². The number of carbonyl (C=O) groups is 1. The predicted molar refractivity (Wildman–Crippen MR) is 90.8 cm³/mol. The molecule has 21 heavy (non-hydrogen) atoms. The van der Waals surface area contributed by atoms with Gasteiger partial charge in [0.1, 0.15) is 5.60 Å². The third-order valence-corrected chi connectivity index (χ3v) is 5.01. The van der Waals surface area contributed by atoms with Crippen LogP contribution in [0.25, 0.3) is 0 Å². The first-order valence-corrected chi connectivity index (χ1v) is 8.97. The number of benzene rings is 1. The van der Waals surface area contributed by atoms with Gasteiger partial charge < -0.3 is 9.64 Å². The summed E-state index contributed by atoms with van der Waals surface area (Å²) in [5, 5.41) is 0. The van der Waals surface area contributed by atoms with E-state index in [1.165, 1.54) is 4.90 Å². The van der Waals surface area contributed by atoms with Gasteiger partial charge >= 0.3 is 6.09 Å². The predicted octanol–water partition coefficient (Wildman–Crippen LogP) is 4.80. The smallest absolute Gasteiger partial charge is 0.410 e.